The van der Waals surface area contributed by atoms with Crippen LogP contribution in [0.5, 0.6) is 0 Å². The monoisotopic (exact) mass is 407 g/mol. The van der Waals surface area contributed by atoms with Gasteiger partial charge in [-0.15, -0.1) is 0 Å². The molecule has 154 valence electrons. The topological polar surface area (TPSA) is 57.1 Å². The van der Waals surface area contributed by atoms with Gasteiger partial charge < -0.3 is 14.3 Å². The number of carbonyl (C=O) groups excluding carboxylic acids is 1. The molecule has 2 aromatic carbocycles. The standard InChI is InChI=1S/C21H20F3NO4/c1-14(15-8-6-9-17(11-15)21(22,23)24)25-29-12-16-7-4-5-10-18(16)19(13-27-2)20(26)28-3/h4-11,13H,12H2,1-3H3/b19-13+,25-14?. The molecule has 0 saturated heterocycles. The lowest BCUT2D eigenvalue weighted by Gasteiger charge is -2.11. The summed E-state index contributed by atoms with van der Waals surface area (Å²) < 4.78 is 48.3. The van der Waals surface area contributed by atoms with E-state index in [1.165, 1.54) is 32.6 Å². The van der Waals surface area contributed by atoms with Crippen molar-refractivity contribution >= 4 is 17.3 Å². The first kappa shape index (κ1) is 22.0. The maximum absolute atomic E-state index is 12.9. The van der Waals surface area contributed by atoms with Gasteiger partial charge in [0.15, 0.2) is 0 Å². The van der Waals surface area contributed by atoms with E-state index in [0.29, 0.717) is 16.7 Å². The Morgan fingerprint density at radius 2 is 1.83 bits per heavy atom. The molecule has 0 heterocycles. The SMILES string of the molecule is CO/C=C(/C(=O)OC)c1ccccc1CON=C(C)c1cccc(C(F)(F)F)c1. The molecule has 8 heteroatoms. The predicted molar refractivity (Wildman–Crippen MR) is 102 cm³/mol. The summed E-state index contributed by atoms with van der Waals surface area (Å²) >= 11 is 0. The van der Waals surface area contributed by atoms with Crippen LogP contribution in [0.3, 0.4) is 0 Å². The molecule has 0 aliphatic carbocycles. The Morgan fingerprint density at radius 3 is 2.48 bits per heavy atom. The van der Waals surface area contributed by atoms with Gasteiger partial charge >= 0.3 is 12.1 Å². The third-order valence-electron chi connectivity index (χ3n) is 3.98. The first-order chi connectivity index (χ1) is 13.8. The van der Waals surface area contributed by atoms with E-state index in [1.54, 1.807) is 31.2 Å². The highest BCUT2D eigenvalue weighted by atomic mass is 19.4. The van der Waals surface area contributed by atoms with Gasteiger partial charge in [-0.3, -0.25) is 0 Å². The first-order valence-corrected chi connectivity index (χ1v) is 8.51. The van der Waals surface area contributed by atoms with Crippen LogP contribution in [0, 0.1) is 0 Å². The lowest BCUT2D eigenvalue weighted by molar-refractivity contribution is -0.137. The van der Waals surface area contributed by atoms with E-state index >= 15 is 0 Å². The fraction of sp³-hybridized carbons (Fsp3) is 0.238. The van der Waals surface area contributed by atoms with E-state index in [4.69, 9.17) is 14.3 Å². The summed E-state index contributed by atoms with van der Waals surface area (Å²) in [5.41, 5.74) is 1.18. The zero-order chi connectivity index (χ0) is 21.4. The molecule has 0 amide bonds. The van der Waals surface area contributed by atoms with Crippen LogP contribution in [-0.4, -0.2) is 25.9 Å². The summed E-state index contributed by atoms with van der Waals surface area (Å²) in [6.45, 7) is 1.54. The number of halogens is 3. The highest BCUT2D eigenvalue weighted by molar-refractivity contribution is 6.16. The molecule has 5 nitrogen and oxygen atoms in total. The van der Waals surface area contributed by atoms with E-state index in [1.807, 2.05) is 0 Å². The number of rotatable bonds is 7. The first-order valence-electron chi connectivity index (χ1n) is 8.51. The summed E-state index contributed by atoms with van der Waals surface area (Å²) in [5, 5.41) is 3.91. The van der Waals surface area contributed by atoms with Gasteiger partial charge in [0.1, 0.15) is 12.2 Å². The van der Waals surface area contributed by atoms with Crippen LogP contribution >= 0.6 is 0 Å². The second-order valence-electron chi connectivity index (χ2n) is 5.94. The van der Waals surface area contributed by atoms with E-state index < -0.39 is 17.7 Å². The van der Waals surface area contributed by atoms with Crippen molar-refractivity contribution in [3.05, 3.63) is 77.0 Å². The maximum Gasteiger partial charge on any atom is 0.416 e. The van der Waals surface area contributed by atoms with Crippen molar-refractivity contribution in [3.63, 3.8) is 0 Å². The number of esters is 1. The van der Waals surface area contributed by atoms with E-state index in [-0.39, 0.29) is 17.9 Å². The average molecular weight is 407 g/mol. The van der Waals surface area contributed by atoms with Crippen LogP contribution in [0.1, 0.15) is 29.2 Å². The summed E-state index contributed by atoms with van der Waals surface area (Å²) in [7, 11) is 2.67. The zero-order valence-corrected chi connectivity index (χ0v) is 16.1. The summed E-state index contributed by atoms with van der Waals surface area (Å²) in [6.07, 6.45) is -3.17. The number of alkyl halides is 3. The minimum absolute atomic E-state index is 0.00940. The number of benzene rings is 2. The summed E-state index contributed by atoms with van der Waals surface area (Å²) in [6, 6.07) is 11.8. The van der Waals surface area contributed by atoms with Gasteiger partial charge in [0, 0.05) is 5.56 Å². The van der Waals surface area contributed by atoms with Crippen LogP contribution < -0.4 is 0 Å². The molecule has 0 aromatic heterocycles. The molecule has 2 aromatic rings. The number of carbonyl (C=O) groups is 1. The quantitative estimate of drug-likeness (QED) is 0.217. The fourth-order valence-corrected chi connectivity index (χ4v) is 2.53. The number of nitrogens with zero attached hydrogens (tertiary/aromatic N) is 1. The average Bonchev–Trinajstić information content (AvgIpc) is 2.71. The van der Waals surface area contributed by atoms with Gasteiger partial charge in [-0.2, -0.15) is 13.2 Å². The Hall–Kier alpha value is -3.29. The number of oxime groups is 1. The number of methoxy groups -OCH3 is 2. The van der Waals surface area contributed by atoms with Crippen molar-refractivity contribution < 1.29 is 32.3 Å². The van der Waals surface area contributed by atoms with Gasteiger partial charge in [-0.25, -0.2) is 4.79 Å². The van der Waals surface area contributed by atoms with Gasteiger partial charge in [-0.05, 0) is 30.2 Å². The molecule has 29 heavy (non-hydrogen) atoms. The van der Waals surface area contributed by atoms with Crippen LogP contribution in [0.15, 0.2) is 59.9 Å². The molecule has 0 radical (unpaired) electrons. The van der Waals surface area contributed by atoms with Crippen molar-refractivity contribution in [1.82, 2.24) is 0 Å². The van der Waals surface area contributed by atoms with Gasteiger partial charge in [0.25, 0.3) is 0 Å². The van der Waals surface area contributed by atoms with Crippen LogP contribution in [0.25, 0.3) is 5.57 Å². The van der Waals surface area contributed by atoms with E-state index in [2.05, 4.69) is 5.16 Å². The third-order valence-corrected chi connectivity index (χ3v) is 3.98. The molecular formula is C21H20F3NO4. The molecule has 2 rings (SSSR count). The summed E-state index contributed by atoms with van der Waals surface area (Å²) in [5.74, 6) is -0.581. The molecule has 0 atom stereocenters. The van der Waals surface area contributed by atoms with E-state index in [9.17, 15) is 18.0 Å². The Morgan fingerprint density at radius 1 is 1.10 bits per heavy atom. The Labute approximate surface area is 166 Å². The Balaban J connectivity index is 2.21. The molecule has 0 unspecified atom stereocenters. The van der Waals surface area contributed by atoms with Gasteiger partial charge in [-0.1, -0.05) is 41.6 Å². The van der Waals surface area contributed by atoms with Crippen molar-refractivity contribution in [2.75, 3.05) is 14.2 Å². The highest BCUT2D eigenvalue weighted by Gasteiger charge is 2.30. The number of hydrogen-bond donors (Lipinski definition) is 0. The highest BCUT2D eigenvalue weighted by Crippen LogP contribution is 2.29. The Kier molecular flexibility index (Phi) is 7.41. The van der Waals surface area contributed by atoms with Crippen LogP contribution in [0.2, 0.25) is 0 Å². The van der Waals surface area contributed by atoms with Gasteiger partial charge in [0.2, 0.25) is 0 Å². The van der Waals surface area contributed by atoms with Crippen molar-refractivity contribution in [2.45, 2.75) is 19.7 Å². The smallest absolute Gasteiger partial charge is 0.416 e. The molecule has 0 bridgehead atoms. The second kappa shape index (κ2) is 9.77. The minimum Gasteiger partial charge on any atom is -0.503 e. The molecule has 0 saturated carbocycles. The van der Waals surface area contributed by atoms with Crippen LogP contribution in [0.4, 0.5) is 13.2 Å². The van der Waals surface area contributed by atoms with Crippen molar-refractivity contribution in [1.29, 1.82) is 0 Å². The van der Waals surface area contributed by atoms with Gasteiger partial charge in [0.05, 0.1) is 31.8 Å². The lowest BCUT2D eigenvalue weighted by Crippen LogP contribution is -2.08. The van der Waals surface area contributed by atoms with Crippen molar-refractivity contribution in [3.8, 4) is 0 Å². The summed E-state index contributed by atoms with van der Waals surface area (Å²) in [4.78, 5) is 17.3. The molecule has 0 fully saturated rings. The molecule has 0 spiro atoms. The second-order valence-corrected chi connectivity index (χ2v) is 5.94. The zero-order valence-electron chi connectivity index (χ0n) is 16.1. The Bertz CT molecular complexity index is 920. The van der Waals surface area contributed by atoms with E-state index in [0.717, 1.165) is 12.1 Å². The minimum atomic E-state index is -4.44. The molecule has 0 N–H and O–H groups in total. The normalized spacial score (nSPS) is 12.5. The number of ether oxygens (including phenoxy) is 2. The van der Waals surface area contributed by atoms with Crippen LogP contribution in [-0.2, 0) is 31.9 Å². The van der Waals surface area contributed by atoms with Crippen molar-refractivity contribution in [2.24, 2.45) is 5.16 Å². The lowest BCUT2D eigenvalue weighted by atomic mass is 10.0. The number of hydrogen-bond acceptors (Lipinski definition) is 5. The fourth-order valence-electron chi connectivity index (χ4n) is 2.53. The predicted octanol–water partition coefficient (Wildman–Crippen LogP) is 4.81. The third kappa shape index (κ3) is 5.84. The maximum atomic E-state index is 12.9. The largest absolute Gasteiger partial charge is 0.503 e. The molecule has 0 aliphatic rings. The molecular weight excluding hydrogens is 387 g/mol. The molecule has 0 aliphatic heterocycles.